The maximum Gasteiger partial charge on any atom is 0.418 e. The van der Waals surface area contributed by atoms with Crippen molar-refractivity contribution in [1.29, 1.82) is 0 Å². The number of rotatable bonds is 4. The van der Waals surface area contributed by atoms with Gasteiger partial charge in [0.25, 0.3) is 0 Å². The number of ketones is 1. The summed E-state index contributed by atoms with van der Waals surface area (Å²) in [5.41, 5.74) is 8.23. The van der Waals surface area contributed by atoms with E-state index in [1.54, 1.807) is 0 Å². The van der Waals surface area contributed by atoms with Crippen LogP contribution in [-0.2, 0) is 6.18 Å². The van der Waals surface area contributed by atoms with Gasteiger partial charge < -0.3 is 11.5 Å². The van der Waals surface area contributed by atoms with Gasteiger partial charge in [-0.25, -0.2) is 4.98 Å². The lowest BCUT2D eigenvalue weighted by atomic mass is 10.0. The van der Waals surface area contributed by atoms with Crippen LogP contribution in [0.1, 0.15) is 16.1 Å². The van der Waals surface area contributed by atoms with Crippen molar-refractivity contribution in [3.05, 3.63) is 64.7 Å². The average Bonchev–Trinajstić information content (AvgIpc) is 2.37. The van der Waals surface area contributed by atoms with Gasteiger partial charge in [-0.1, -0.05) is 30.3 Å². The van der Waals surface area contributed by atoms with Crippen LogP contribution >= 0.6 is 11.6 Å². The molecular weight excluding hydrogens is 307 g/mol. The van der Waals surface area contributed by atoms with E-state index in [1.807, 2.05) is 0 Å². The van der Waals surface area contributed by atoms with Gasteiger partial charge in [0.15, 0.2) is 0 Å². The molecule has 8 heteroatoms. The fourth-order valence-electron chi connectivity index (χ4n) is 1.43. The predicted molar refractivity (Wildman–Crippen MR) is 73.3 cm³/mol. The Morgan fingerprint density at radius 1 is 1.33 bits per heavy atom. The number of alkyl halides is 3. The molecule has 4 nitrogen and oxygen atoms in total. The van der Waals surface area contributed by atoms with Gasteiger partial charge in [-0.2, -0.15) is 13.2 Å². The van der Waals surface area contributed by atoms with E-state index in [-0.39, 0.29) is 10.7 Å². The summed E-state index contributed by atoms with van der Waals surface area (Å²) < 4.78 is 38.7. The number of carbonyl (C=O) groups is 1. The first-order valence-corrected chi connectivity index (χ1v) is 5.89. The Morgan fingerprint density at radius 2 is 1.95 bits per heavy atom. The number of hydrogen-bond donors (Lipinski definition) is 2. The second-order valence-corrected chi connectivity index (χ2v) is 4.21. The summed E-state index contributed by atoms with van der Waals surface area (Å²) in [5.74, 6) is -1.52. The van der Waals surface area contributed by atoms with Crippen LogP contribution in [0.4, 0.5) is 13.2 Å². The summed E-state index contributed by atoms with van der Waals surface area (Å²) in [7, 11) is 0. The third-order valence-corrected chi connectivity index (χ3v) is 2.55. The molecule has 0 aliphatic heterocycles. The minimum absolute atomic E-state index is 0.256. The number of pyridine rings is 1. The molecule has 112 valence electrons. The highest BCUT2D eigenvalue weighted by molar-refractivity contribution is 6.29. The van der Waals surface area contributed by atoms with Crippen molar-refractivity contribution in [2.24, 2.45) is 11.5 Å². The largest absolute Gasteiger partial charge is 0.418 e. The number of carbonyl (C=O) groups excluding carboxylic acids is 1. The number of Topliss-reactive ketones (excluding diaryl/α,β-unsaturated/α-hetero) is 1. The maximum atomic E-state index is 12.9. The quantitative estimate of drug-likeness (QED) is 0.387. The molecule has 0 amide bonds. The predicted octanol–water partition coefficient (Wildman–Crippen LogP) is 2.81. The van der Waals surface area contributed by atoms with Gasteiger partial charge in [0.1, 0.15) is 16.7 Å². The summed E-state index contributed by atoms with van der Waals surface area (Å²) in [4.78, 5) is 15.6. The van der Waals surface area contributed by atoms with Gasteiger partial charge in [0, 0.05) is 0 Å². The first kappa shape index (κ1) is 16.8. The van der Waals surface area contributed by atoms with E-state index in [9.17, 15) is 18.0 Å². The normalized spacial score (nSPS) is 11.4. The van der Waals surface area contributed by atoms with Gasteiger partial charge >= 0.3 is 6.18 Å². The lowest BCUT2D eigenvalue weighted by Gasteiger charge is -2.12. The molecule has 1 aromatic heterocycles. The average molecular weight is 318 g/mol. The van der Waals surface area contributed by atoms with Crippen LogP contribution in [0.3, 0.4) is 0 Å². The van der Waals surface area contributed by atoms with Gasteiger partial charge in [-0.15, -0.1) is 0 Å². The molecule has 0 bridgehead atoms. The third-order valence-electron chi connectivity index (χ3n) is 2.34. The topological polar surface area (TPSA) is 82.0 Å². The molecule has 0 atom stereocenters. The molecule has 0 aliphatic rings. The highest BCUT2D eigenvalue weighted by Gasteiger charge is 2.37. The zero-order valence-electron chi connectivity index (χ0n) is 10.6. The van der Waals surface area contributed by atoms with Gasteiger partial charge in [0.05, 0.1) is 11.1 Å². The van der Waals surface area contributed by atoms with Crippen molar-refractivity contribution < 1.29 is 18.0 Å². The van der Waals surface area contributed by atoms with Crippen molar-refractivity contribution in [1.82, 2.24) is 4.98 Å². The number of nitrogens with two attached hydrogens (primary N) is 2. The first-order chi connectivity index (χ1) is 9.68. The molecule has 0 radical (unpaired) electrons. The minimum atomic E-state index is -4.76. The second kappa shape index (κ2) is 6.45. The highest BCUT2D eigenvalue weighted by Crippen LogP contribution is 2.33. The molecule has 0 fully saturated rings. The third kappa shape index (κ3) is 4.09. The number of nitrogens with zero attached hydrogens (tertiary/aromatic N) is 1. The lowest BCUT2D eigenvalue weighted by Crippen LogP contribution is -2.21. The second-order valence-electron chi connectivity index (χ2n) is 3.82. The Morgan fingerprint density at radius 3 is 2.43 bits per heavy atom. The number of allylic oxidation sites excluding steroid dienone is 4. The fourth-order valence-corrected chi connectivity index (χ4v) is 1.58. The molecule has 0 unspecified atom stereocenters. The fraction of sp³-hybridized carbons (Fsp3) is 0.0769. The molecule has 0 saturated heterocycles. The molecule has 0 aliphatic carbocycles. The standard InChI is InChI=1S/C13H11ClF3N3O/c1-2-3-4-7(12(18)19)11(21)10-8(13(15,16)17)5-6-9(14)20-10/h2-6H,1,18-19H2/b4-3-. The first-order valence-electron chi connectivity index (χ1n) is 5.51. The molecule has 4 N–H and O–H groups in total. The monoisotopic (exact) mass is 317 g/mol. The van der Waals surface area contributed by atoms with Crippen LogP contribution in [0.15, 0.2) is 48.3 Å². The minimum Gasteiger partial charge on any atom is -0.385 e. The van der Waals surface area contributed by atoms with Crippen molar-refractivity contribution in [2.75, 3.05) is 0 Å². The number of halogens is 4. The molecule has 21 heavy (non-hydrogen) atoms. The Hall–Kier alpha value is -2.28. The summed E-state index contributed by atoms with van der Waals surface area (Å²) in [6, 6.07) is 1.61. The van der Waals surface area contributed by atoms with Crippen LogP contribution in [0.5, 0.6) is 0 Å². The molecule has 1 heterocycles. The Kier molecular flexibility index (Phi) is 5.15. The zero-order valence-corrected chi connectivity index (χ0v) is 11.4. The van der Waals surface area contributed by atoms with Crippen LogP contribution in [0.2, 0.25) is 5.15 Å². The molecule has 0 aromatic carbocycles. The molecule has 0 saturated carbocycles. The van der Waals surface area contributed by atoms with Crippen molar-refractivity contribution in [3.63, 3.8) is 0 Å². The maximum absolute atomic E-state index is 12.9. The smallest absolute Gasteiger partial charge is 0.385 e. The van der Waals surface area contributed by atoms with Gasteiger partial charge in [0.2, 0.25) is 5.78 Å². The summed E-state index contributed by atoms with van der Waals surface area (Å²) in [6.45, 7) is 3.38. The Labute approximate surface area is 123 Å². The van der Waals surface area contributed by atoms with Crippen molar-refractivity contribution in [3.8, 4) is 0 Å². The van der Waals surface area contributed by atoms with Crippen LogP contribution in [0.25, 0.3) is 0 Å². The van der Waals surface area contributed by atoms with E-state index >= 15 is 0 Å². The molecular formula is C13H11ClF3N3O. The van der Waals surface area contributed by atoms with E-state index in [1.165, 1.54) is 12.2 Å². The van der Waals surface area contributed by atoms with Crippen molar-refractivity contribution >= 4 is 17.4 Å². The summed E-state index contributed by atoms with van der Waals surface area (Å²) >= 11 is 5.56. The summed E-state index contributed by atoms with van der Waals surface area (Å²) in [6.07, 6.45) is -0.996. The van der Waals surface area contributed by atoms with Gasteiger partial charge in [-0.3, -0.25) is 4.79 Å². The lowest BCUT2D eigenvalue weighted by molar-refractivity contribution is -0.138. The van der Waals surface area contributed by atoms with Crippen molar-refractivity contribution in [2.45, 2.75) is 6.18 Å². The highest BCUT2D eigenvalue weighted by atomic mass is 35.5. The molecule has 1 rings (SSSR count). The summed E-state index contributed by atoms with van der Waals surface area (Å²) in [5, 5.41) is -0.256. The SMILES string of the molecule is C=C/C=C\C(C(=O)c1nc(Cl)ccc1C(F)(F)F)=C(N)N. The molecule has 1 aromatic rings. The number of hydrogen-bond acceptors (Lipinski definition) is 4. The Balaban J connectivity index is 3.48. The zero-order chi connectivity index (χ0) is 16.2. The van der Waals surface area contributed by atoms with Crippen LogP contribution in [0, 0.1) is 0 Å². The van der Waals surface area contributed by atoms with Gasteiger partial charge in [-0.05, 0) is 18.2 Å². The molecule has 0 spiro atoms. The van der Waals surface area contributed by atoms with E-state index in [2.05, 4.69) is 11.6 Å². The van der Waals surface area contributed by atoms with E-state index in [0.29, 0.717) is 6.07 Å². The van der Waals surface area contributed by atoms with Crippen LogP contribution in [-0.4, -0.2) is 10.8 Å². The van der Waals surface area contributed by atoms with Crippen LogP contribution < -0.4 is 11.5 Å². The number of aromatic nitrogens is 1. The Bertz CT molecular complexity index is 632. The van der Waals surface area contributed by atoms with E-state index in [4.69, 9.17) is 23.1 Å². The van der Waals surface area contributed by atoms with E-state index in [0.717, 1.165) is 12.1 Å². The van der Waals surface area contributed by atoms with E-state index < -0.39 is 29.0 Å².